The second kappa shape index (κ2) is 7.50. The molecule has 150 valence electrons. The van der Waals surface area contributed by atoms with Crippen LogP contribution in [0, 0.1) is 0 Å². The average Bonchev–Trinajstić information content (AvgIpc) is 3.31. The number of aromatic nitrogens is 3. The summed E-state index contributed by atoms with van der Waals surface area (Å²) in [5.74, 6) is 0.0617. The quantitative estimate of drug-likeness (QED) is 0.443. The first-order valence-corrected chi connectivity index (χ1v) is 8.80. The number of hydrogen-bond donors (Lipinski definition) is 0. The lowest BCUT2D eigenvalue weighted by Gasteiger charge is -2.09. The number of aryl methyl sites for hydroxylation is 1. The van der Waals surface area contributed by atoms with E-state index >= 15 is 0 Å². The Labute approximate surface area is 163 Å². The topological polar surface area (TPSA) is 62.3 Å². The molecule has 0 N–H and O–H groups in total. The molecule has 0 aliphatic heterocycles. The Kier molecular flexibility index (Phi) is 4.87. The van der Waals surface area contributed by atoms with E-state index in [9.17, 15) is 13.2 Å². The Hall–Kier alpha value is -3.49. The third kappa shape index (κ3) is 4.18. The first-order chi connectivity index (χ1) is 13.9. The van der Waals surface area contributed by atoms with Crippen molar-refractivity contribution in [2.45, 2.75) is 26.4 Å². The fourth-order valence-electron chi connectivity index (χ4n) is 2.94. The summed E-state index contributed by atoms with van der Waals surface area (Å²) in [4.78, 5) is 4.10. The summed E-state index contributed by atoms with van der Waals surface area (Å²) in [6.07, 6.45) is -1.27. The third-order valence-electron chi connectivity index (χ3n) is 4.35. The summed E-state index contributed by atoms with van der Waals surface area (Å²) in [6.45, 7) is 3.06. The van der Waals surface area contributed by atoms with Gasteiger partial charge in [-0.3, -0.25) is 0 Å². The summed E-state index contributed by atoms with van der Waals surface area (Å²) in [5.41, 5.74) is 2.95. The van der Waals surface area contributed by atoms with Crippen molar-refractivity contribution in [1.82, 2.24) is 14.7 Å². The van der Waals surface area contributed by atoms with Crippen molar-refractivity contribution >= 4 is 11.0 Å². The molecule has 0 aliphatic rings. The molecule has 2 heterocycles. The number of nitrogens with zero attached hydrogens (tertiary/aromatic N) is 3. The molecule has 0 fully saturated rings. The smallest absolute Gasteiger partial charge is 0.469 e. The molecule has 4 rings (SSSR count). The van der Waals surface area contributed by atoms with E-state index in [1.807, 2.05) is 17.6 Å². The van der Waals surface area contributed by atoms with Crippen LogP contribution in [-0.4, -0.2) is 21.1 Å². The number of fused-ring (bicyclic) bond motifs is 1. The molecule has 2 aromatic carbocycles. The minimum absolute atomic E-state index is 0.274. The van der Waals surface area contributed by atoms with Crippen LogP contribution in [0.3, 0.4) is 0 Å². The molecular formula is C20H16F3N3O3. The van der Waals surface area contributed by atoms with E-state index in [1.54, 1.807) is 36.8 Å². The molecule has 0 spiro atoms. The molecule has 4 aromatic rings. The number of imidazole rings is 1. The van der Waals surface area contributed by atoms with Gasteiger partial charge in [-0.2, -0.15) is 0 Å². The fourth-order valence-corrected chi connectivity index (χ4v) is 2.94. The minimum Gasteiger partial charge on any atom is -0.469 e. The Morgan fingerprint density at radius 1 is 1.07 bits per heavy atom. The van der Waals surface area contributed by atoms with Crippen molar-refractivity contribution in [3.05, 3.63) is 60.7 Å². The lowest BCUT2D eigenvalue weighted by atomic mass is 10.0. The van der Waals surface area contributed by atoms with E-state index < -0.39 is 6.36 Å². The van der Waals surface area contributed by atoms with Crippen LogP contribution in [0.2, 0.25) is 0 Å². The van der Waals surface area contributed by atoms with Gasteiger partial charge in [-0.15, -0.1) is 13.2 Å². The number of halogens is 3. The largest absolute Gasteiger partial charge is 0.573 e. The summed E-state index contributed by atoms with van der Waals surface area (Å²) in [7, 11) is 0. The number of rotatable bonds is 6. The first-order valence-electron chi connectivity index (χ1n) is 8.80. The van der Waals surface area contributed by atoms with Crippen molar-refractivity contribution in [2.24, 2.45) is 0 Å². The van der Waals surface area contributed by atoms with Gasteiger partial charge in [-0.25, -0.2) is 4.98 Å². The third-order valence-corrected chi connectivity index (χ3v) is 4.35. The van der Waals surface area contributed by atoms with E-state index in [-0.39, 0.29) is 12.4 Å². The highest BCUT2D eigenvalue weighted by Gasteiger charge is 2.31. The van der Waals surface area contributed by atoms with Gasteiger partial charge >= 0.3 is 6.36 Å². The van der Waals surface area contributed by atoms with Gasteiger partial charge in [0.25, 0.3) is 5.88 Å². The normalized spacial score (nSPS) is 11.7. The molecule has 0 radical (unpaired) electrons. The molecule has 9 heteroatoms. The van der Waals surface area contributed by atoms with Crippen LogP contribution in [0.25, 0.3) is 22.1 Å². The lowest BCUT2D eigenvalue weighted by Crippen LogP contribution is -2.16. The summed E-state index contributed by atoms with van der Waals surface area (Å²) < 4.78 is 53.9. The highest BCUT2D eigenvalue weighted by Crippen LogP contribution is 2.32. The van der Waals surface area contributed by atoms with Gasteiger partial charge in [0.15, 0.2) is 5.58 Å². The minimum atomic E-state index is -4.72. The van der Waals surface area contributed by atoms with E-state index in [2.05, 4.69) is 14.9 Å². The zero-order chi connectivity index (χ0) is 20.4. The molecule has 29 heavy (non-hydrogen) atoms. The van der Waals surface area contributed by atoms with Crippen LogP contribution in [0.5, 0.6) is 11.6 Å². The molecule has 0 aliphatic carbocycles. The number of ether oxygens (including phenoxy) is 2. The van der Waals surface area contributed by atoms with Crippen LogP contribution in [0.4, 0.5) is 13.2 Å². The van der Waals surface area contributed by atoms with Crippen LogP contribution < -0.4 is 9.47 Å². The van der Waals surface area contributed by atoms with E-state index in [4.69, 9.17) is 9.26 Å². The van der Waals surface area contributed by atoms with Crippen molar-refractivity contribution < 1.29 is 27.2 Å². The molecule has 6 nitrogen and oxygen atoms in total. The standard InChI is InChI=1S/C20H16F3N3O3/c1-2-26-12-24-10-15(26)11-27-19-17-9-14(5-8-18(17)29-25-19)13-3-6-16(7-4-13)28-20(21,22)23/h3-10,12H,2,11H2,1H3. The maximum Gasteiger partial charge on any atom is 0.573 e. The molecule has 0 saturated heterocycles. The maximum absolute atomic E-state index is 12.3. The highest BCUT2D eigenvalue weighted by atomic mass is 19.4. The molecule has 0 amide bonds. The Balaban J connectivity index is 1.56. The van der Waals surface area contributed by atoms with Crippen molar-refractivity contribution in [3.63, 3.8) is 0 Å². The molecule has 0 saturated carbocycles. The first kappa shape index (κ1) is 18.9. The summed E-state index contributed by atoms with van der Waals surface area (Å²) in [5, 5.41) is 4.63. The Bertz CT molecular complexity index is 1120. The van der Waals surface area contributed by atoms with Gasteiger partial charge in [-0.1, -0.05) is 18.2 Å². The lowest BCUT2D eigenvalue weighted by molar-refractivity contribution is -0.274. The number of benzene rings is 2. The Morgan fingerprint density at radius 2 is 1.83 bits per heavy atom. The summed E-state index contributed by atoms with van der Waals surface area (Å²) >= 11 is 0. The zero-order valence-electron chi connectivity index (χ0n) is 15.3. The monoisotopic (exact) mass is 403 g/mol. The molecule has 0 bridgehead atoms. The molecule has 0 atom stereocenters. The van der Waals surface area contributed by atoms with Crippen LogP contribution in [-0.2, 0) is 13.2 Å². The zero-order valence-corrected chi connectivity index (χ0v) is 15.3. The van der Waals surface area contributed by atoms with Crippen LogP contribution in [0.15, 0.2) is 59.5 Å². The van der Waals surface area contributed by atoms with Gasteiger partial charge < -0.3 is 18.6 Å². The van der Waals surface area contributed by atoms with Crippen LogP contribution in [0.1, 0.15) is 12.6 Å². The van der Waals surface area contributed by atoms with Gasteiger partial charge in [0.1, 0.15) is 12.4 Å². The Morgan fingerprint density at radius 3 is 2.55 bits per heavy atom. The van der Waals surface area contributed by atoms with E-state index in [0.717, 1.165) is 23.4 Å². The summed E-state index contributed by atoms with van der Waals surface area (Å²) in [6, 6.07) is 11.0. The maximum atomic E-state index is 12.3. The SMILES string of the molecule is CCn1cncc1COc1noc2ccc(-c3ccc(OC(F)(F)F)cc3)cc12. The van der Waals surface area contributed by atoms with Gasteiger partial charge in [-0.05, 0) is 47.5 Å². The van der Waals surface area contributed by atoms with Gasteiger partial charge in [0.05, 0.1) is 23.6 Å². The second-order valence-corrected chi connectivity index (χ2v) is 6.23. The van der Waals surface area contributed by atoms with Crippen LogP contribution >= 0.6 is 0 Å². The van der Waals surface area contributed by atoms with Gasteiger partial charge in [0, 0.05) is 6.54 Å². The molecule has 2 aromatic heterocycles. The molecule has 0 unspecified atom stereocenters. The highest BCUT2D eigenvalue weighted by molar-refractivity contribution is 5.87. The fraction of sp³-hybridized carbons (Fsp3) is 0.200. The second-order valence-electron chi connectivity index (χ2n) is 6.23. The van der Waals surface area contributed by atoms with Crippen molar-refractivity contribution in [3.8, 4) is 22.8 Å². The predicted molar refractivity (Wildman–Crippen MR) is 98.4 cm³/mol. The average molecular weight is 403 g/mol. The van der Waals surface area contributed by atoms with Crippen molar-refractivity contribution in [1.29, 1.82) is 0 Å². The van der Waals surface area contributed by atoms with Crippen molar-refractivity contribution in [2.75, 3.05) is 0 Å². The number of alkyl halides is 3. The van der Waals surface area contributed by atoms with E-state index in [1.165, 1.54) is 12.1 Å². The van der Waals surface area contributed by atoms with Gasteiger partial charge in [0.2, 0.25) is 0 Å². The molecular weight excluding hydrogens is 387 g/mol. The van der Waals surface area contributed by atoms with E-state index in [0.29, 0.717) is 16.8 Å². The number of hydrogen-bond acceptors (Lipinski definition) is 5. The predicted octanol–water partition coefficient (Wildman–Crippen LogP) is 5.19.